The van der Waals surface area contributed by atoms with Gasteiger partial charge >= 0.3 is 6.09 Å². The van der Waals surface area contributed by atoms with Gasteiger partial charge in [-0.1, -0.05) is 11.3 Å². The molecule has 0 aliphatic carbocycles. The van der Waals surface area contributed by atoms with E-state index in [1.807, 2.05) is 18.2 Å². The lowest BCUT2D eigenvalue weighted by Gasteiger charge is -2.11. The van der Waals surface area contributed by atoms with Crippen LogP contribution in [0.2, 0.25) is 0 Å². The van der Waals surface area contributed by atoms with Gasteiger partial charge in [0, 0.05) is 17.5 Å². The Morgan fingerprint density at radius 1 is 1.33 bits per heavy atom. The number of hydrogen-bond acceptors (Lipinski definition) is 8. The van der Waals surface area contributed by atoms with Gasteiger partial charge in [-0.15, -0.1) is 15.3 Å². The first-order valence-electron chi connectivity index (χ1n) is 7.94. The molecule has 0 radical (unpaired) electrons. The van der Waals surface area contributed by atoms with Gasteiger partial charge in [-0.05, 0) is 43.0 Å². The molecule has 0 spiro atoms. The molecule has 3 aromatic heterocycles. The third-order valence-electron chi connectivity index (χ3n) is 3.75. The minimum Gasteiger partial charge on any atom is -0.480 e. The van der Waals surface area contributed by atoms with Gasteiger partial charge in [0.1, 0.15) is 0 Å². The van der Waals surface area contributed by atoms with Crippen LogP contribution < -0.4 is 9.64 Å². The summed E-state index contributed by atoms with van der Waals surface area (Å²) in [6.45, 7) is 2.12. The molecule has 0 saturated carbocycles. The third-order valence-corrected chi connectivity index (χ3v) is 5.72. The number of carbonyl (C=O) groups is 1. The number of ether oxygens (including phenoxy) is 1. The van der Waals surface area contributed by atoms with Crippen LogP contribution in [0.1, 0.15) is 6.92 Å². The van der Waals surface area contributed by atoms with Gasteiger partial charge in [0.05, 0.1) is 17.3 Å². The first kappa shape index (κ1) is 17.5. The average molecular weight is 402 g/mol. The summed E-state index contributed by atoms with van der Waals surface area (Å²) in [7, 11) is 1.55. The molecular formula is C16H14N6O3S2. The summed E-state index contributed by atoms with van der Waals surface area (Å²) in [5, 5.41) is 23.0. The molecule has 138 valence electrons. The van der Waals surface area contributed by atoms with E-state index in [9.17, 15) is 9.90 Å². The maximum atomic E-state index is 11.3. The topological polar surface area (TPSA) is 106 Å². The van der Waals surface area contributed by atoms with Crippen LogP contribution in [0.15, 0.2) is 40.4 Å². The van der Waals surface area contributed by atoms with E-state index in [0.29, 0.717) is 28.4 Å². The summed E-state index contributed by atoms with van der Waals surface area (Å²) in [5.74, 6) is 0.472. The Morgan fingerprint density at radius 2 is 2.19 bits per heavy atom. The van der Waals surface area contributed by atoms with Crippen LogP contribution in [0.5, 0.6) is 5.88 Å². The predicted molar refractivity (Wildman–Crippen MR) is 102 cm³/mol. The van der Waals surface area contributed by atoms with Gasteiger partial charge in [-0.25, -0.2) is 9.78 Å². The van der Waals surface area contributed by atoms with Crippen LogP contribution in [0.4, 0.5) is 9.93 Å². The number of carboxylic acid groups (broad SMARTS) is 1. The fraction of sp³-hybridized carbons (Fsp3) is 0.188. The number of nitrogens with zero attached hydrogens (tertiary/aromatic N) is 6. The standard InChI is InChI=1S/C16H14N6O3S2/c1-3-21(16(23)24)14-17-10-5-4-9(8-11(10)27-14)26-15-19-18-12-6-7-13(25-2)20-22(12)15/h4-8H,3H2,1-2H3,(H,23,24). The second-order valence-electron chi connectivity index (χ2n) is 5.38. The number of fused-ring (bicyclic) bond motifs is 2. The Bertz CT molecular complexity index is 1140. The fourth-order valence-corrected chi connectivity index (χ4v) is 4.42. The van der Waals surface area contributed by atoms with Crippen molar-refractivity contribution in [1.29, 1.82) is 0 Å². The van der Waals surface area contributed by atoms with E-state index < -0.39 is 6.09 Å². The van der Waals surface area contributed by atoms with Crippen LogP contribution in [0.3, 0.4) is 0 Å². The minimum absolute atomic E-state index is 0.343. The summed E-state index contributed by atoms with van der Waals surface area (Å²) in [5.41, 5.74) is 1.38. The lowest BCUT2D eigenvalue weighted by atomic mass is 10.3. The van der Waals surface area contributed by atoms with E-state index >= 15 is 0 Å². The van der Waals surface area contributed by atoms with Gasteiger partial charge in [0.25, 0.3) is 0 Å². The maximum absolute atomic E-state index is 11.3. The molecular weight excluding hydrogens is 388 g/mol. The van der Waals surface area contributed by atoms with Crippen molar-refractivity contribution in [2.45, 2.75) is 17.0 Å². The molecule has 0 bridgehead atoms. The predicted octanol–water partition coefficient (Wildman–Crippen LogP) is 3.40. The third kappa shape index (κ3) is 3.26. The summed E-state index contributed by atoms with van der Waals surface area (Å²) >= 11 is 2.74. The lowest BCUT2D eigenvalue weighted by Crippen LogP contribution is -2.28. The Morgan fingerprint density at radius 3 is 2.93 bits per heavy atom. The lowest BCUT2D eigenvalue weighted by molar-refractivity contribution is 0.202. The zero-order valence-electron chi connectivity index (χ0n) is 14.4. The van der Waals surface area contributed by atoms with E-state index in [-0.39, 0.29) is 0 Å². The highest BCUT2D eigenvalue weighted by Crippen LogP contribution is 2.34. The number of aromatic nitrogens is 5. The van der Waals surface area contributed by atoms with Crippen molar-refractivity contribution in [1.82, 2.24) is 24.8 Å². The molecule has 1 N–H and O–H groups in total. The monoisotopic (exact) mass is 402 g/mol. The Hall–Kier alpha value is -2.92. The summed E-state index contributed by atoms with van der Waals surface area (Å²) in [4.78, 5) is 17.9. The van der Waals surface area contributed by atoms with Gasteiger partial charge in [-0.2, -0.15) is 4.52 Å². The zero-order chi connectivity index (χ0) is 19.0. The summed E-state index contributed by atoms with van der Waals surface area (Å²) in [6, 6.07) is 9.25. The maximum Gasteiger partial charge on any atom is 0.413 e. The van der Waals surface area contributed by atoms with Crippen molar-refractivity contribution >= 4 is 50.2 Å². The molecule has 0 aliphatic heterocycles. The van der Waals surface area contributed by atoms with E-state index in [1.54, 1.807) is 30.7 Å². The van der Waals surface area contributed by atoms with Crippen LogP contribution in [-0.2, 0) is 0 Å². The molecule has 4 aromatic rings. The Kier molecular flexibility index (Phi) is 4.54. The van der Waals surface area contributed by atoms with E-state index in [1.165, 1.54) is 28.0 Å². The Balaban J connectivity index is 1.67. The fourth-order valence-electron chi connectivity index (χ4n) is 2.45. The molecule has 4 rings (SSSR count). The van der Waals surface area contributed by atoms with Gasteiger partial charge in [0.2, 0.25) is 11.0 Å². The minimum atomic E-state index is -1.01. The molecule has 0 atom stereocenters. The van der Waals surface area contributed by atoms with Gasteiger partial charge < -0.3 is 9.84 Å². The molecule has 1 amide bonds. The van der Waals surface area contributed by atoms with Crippen LogP contribution >= 0.6 is 23.1 Å². The van der Waals surface area contributed by atoms with Crippen molar-refractivity contribution in [3.05, 3.63) is 30.3 Å². The average Bonchev–Trinajstić information content (AvgIpc) is 3.25. The second-order valence-corrected chi connectivity index (χ2v) is 7.43. The number of benzene rings is 1. The zero-order valence-corrected chi connectivity index (χ0v) is 16.0. The summed E-state index contributed by atoms with van der Waals surface area (Å²) in [6.07, 6.45) is -1.01. The largest absolute Gasteiger partial charge is 0.480 e. The van der Waals surface area contributed by atoms with Gasteiger partial charge in [0.15, 0.2) is 10.8 Å². The molecule has 0 saturated heterocycles. The highest BCUT2D eigenvalue weighted by molar-refractivity contribution is 7.99. The number of amides is 1. The number of rotatable bonds is 5. The normalized spacial score (nSPS) is 11.2. The van der Waals surface area contributed by atoms with Crippen molar-refractivity contribution in [3.63, 3.8) is 0 Å². The second kappa shape index (κ2) is 7.00. The van der Waals surface area contributed by atoms with Crippen LogP contribution in [0, 0.1) is 0 Å². The van der Waals surface area contributed by atoms with E-state index in [0.717, 1.165) is 15.1 Å². The SMILES string of the molecule is CCN(C(=O)O)c1nc2ccc(Sc3nnc4ccc(OC)nn34)cc2s1. The van der Waals surface area contributed by atoms with Crippen LogP contribution in [0.25, 0.3) is 15.9 Å². The van der Waals surface area contributed by atoms with Gasteiger partial charge in [-0.3, -0.25) is 4.90 Å². The smallest absolute Gasteiger partial charge is 0.413 e. The van der Waals surface area contributed by atoms with Crippen LogP contribution in [-0.4, -0.2) is 49.6 Å². The molecule has 1 aromatic carbocycles. The molecule has 9 nitrogen and oxygen atoms in total. The van der Waals surface area contributed by atoms with E-state index in [2.05, 4.69) is 20.3 Å². The quantitative estimate of drug-likeness (QED) is 0.541. The van der Waals surface area contributed by atoms with Crippen molar-refractivity contribution in [3.8, 4) is 5.88 Å². The van der Waals surface area contributed by atoms with Crippen molar-refractivity contribution in [2.75, 3.05) is 18.6 Å². The number of anilines is 1. The first-order valence-corrected chi connectivity index (χ1v) is 9.57. The van der Waals surface area contributed by atoms with Crippen molar-refractivity contribution in [2.24, 2.45) is 0 Å². The molecule has 11 heteroatoms. The molecule has 0 aliphatic rings. The molecule has 3 heterocycles. The number of thiazole rings is 1. The highest BCUT2D eigenvalue weighted by Gasteiger charge is 2.17. The first-order chi connectivity index (χ1) is 13.1. The molecule has 0 unspecified atom stereocenters. The highest BCUT2D eigenvalue weighted by atomic mass is 32.2. The van der Waals surface area contributed by atoms with E-state index in [4.69, 9.17) is 4.74 Å². The molecule has 27 heavy (non-hydrogen) atoms. The number of hydrogen-bond donors (Lipinski definition) is 1. The molecule has 0 fully saturated rings. The van der Waals surface area contributed by atoms with Crippen molar-refractivity contribution < 1.29 is 14.6 Å². The number of methoxy groups -OCH3 is 1. The Labute approximate surface area is 161 Å². The summed E-state index contributed by atoms with van der Waals surface area (Å²) < 4.78 is 7.67.